The van der Waals surface area contributed by atoms with Gasteiger partial charge in [-0.1, -0.05) is 52.8 Å². The lowest BCUT2D eigenvalue weighted by molar-refractivity contribution is 0.0694. The van der Waals surface area contributed by atoms with Crippen LogP contribution in [-0.2, 0) is 5.41 Å². The molecule has 3 nitrogen and oxygen atoms in total. The quantitative estimate of drug-likeness (QED) is 0.842. The summed E-state index contributed by atoms with van der Waals surface area (Å²) in [5.74, 6) is -1.31. The van der Waals surface area contributed by atoms with E-state index in [2.05, 4.69) is 40.7 Å². The molecule has 0 fully saturated rings. The van der Waals surface area contributed by atoms with E-state index in [4.69, 9.17) is 5.11 Å². The Bertz CT molecular complexity index is 721. The molecule has 0 spiro atoms. The topological polar surface area (TPSA) is 57.5 Å². The van der Waals surface area contributed by atoms with Crippen molar-refractivity contribution >= 4 is 16.7 Å². The fourth-order valence-corrected chi connectivity index (χ4v) is 3.31. The molecule has 0 radical (unpaired) electrons. The van der Waals surface area contributed by atoms with Gasteiger partial charge in [-0.2, -0.15) is 0 Å². The zero-order chi connectivity index (χ0) is 16.7. The van der Waals surface area contributed by atoms with Gasteiger partial charge < -0.3 is 10.2 Å². The van der Waals surface area contributed by atoms with Crippen LogP contribution in [0.5, 0.6) is 5.75 Å². The van der Waals surface area contributed by atoms with Crippen LogP contribution in [-0.4, -0.2) is 16.2 Å². The minimum atomic E-state index is -1.11. The summed E-state index contributed by atoms with van der Waals surface area (Å²) in [5.41, 5.74) is 1.32. The summed E-state index contributed by atoms with van der Waals surface area (Å²) in [6.45, 7) is 11.1. The first kappa shape index (κ1) is 16.3. The molecule has 0 amide bonds. The molecule has 0 aliphatic carbocycles. The van der Waals surface area contributed by atoms with Gasteiger partial charge in [0, 0.05) is 0 Å². The van der Waals surface area contributed by atoms with E-state index in [0.29, 0.717) is 0 Å². The van der Waals surface area contributed by atoms with E-state index in [1.807, 2.05) is 12.1 Å². The Hall–Kier alpha value is -2.03. The molecule has 0 aliphatic rings. The normalized spacial score (nSPS) is 12.6. The fraction of sp³-hybridized carbons (Fsp3) is 0.421. The van der Waals surface area contributed by atoms with Gasteiger partial charge in [-0.15, -0.1) is 0 Å². The average Bonchev–Trinajstić information content (AvgIpc) is 2.34. The van der Waals surface area contributed by atoms with Crippen LogP contribution < -0.4 is 0 Å². The van der Waals surface area contributed by atoms with Gasteiger partial charge in [0.05, 0.1) is 0 Å². The number of hydrogen-bond acceptors (Lipinski definition) is 2. The molecule has 2 N–H and O–H groups in total. The third-order valence-corrected chi connectivity index (χ3v) is 3.94. The zero-order valence-corrected chi connectivity index (χ0v) is 13.9. The molecule has 22 heavy (non-hydrogen) atoms. The molecule has 0 saturated carbocycles. The van der Waals surface area contributed by atoms with Crippen LogP contribution in [0.15, 0.2) is 30.3 Å². The minimum absolute atomic E-state index is 0.00624. The first-order valence-electron chi connectivity index (χ1n) is 7.50. The molecule has 2 rings (SSSR count). The predicted molar refractivity (Wildman–Crippen MR) is 89.7 cm³/mol. The molecular weight excluding hydrogens is 276 g/mol. The molecule has 3 heteroatoms. The number of hydrogen-bond donors (Lipinski definition) is 2. The van der Waals surface area contributed by atoms with Crippen molar-refractivity contribution in [1.82, 2.24) is 0 Å². The maximum atomic E-state index is 11.2. The van der Waals surface area contributed by atoms with E-state index in [1.165, 1.54) is 11.6 Å². The third-order valence-electron chi connectivity index (χ3n) is 3.94. The van der Waals surface area contributed by atoms with Crippen molar-refractivity contribution < 1.29 is 15.0 Å². The van der Waals surface area contributed by atoms with E-state index in [1.54, 1.807) is 6.07 Å². The highest BCUT2D eigenvalue weighted by Crippen LogP contribution is 2.37. The van der Waals surface area contributed by atoms with E-state index >= 15 is 0 Å². The van der Waals surface area contributed by atoms with Gasteiger partial charge in [0.15, 0.2) is 0 Å². The van der Waals surface area contributed by atoms with E-state index in [-0.39, 0.29) is 22.1 Å². The summed E-state index contributed by atoms with van der Waals surface area (Å²) >= 11 is 0. The number of carboxylic acids is 1. The summed E-state index contributed by atoms with van der Waals surface area (Å²) in [4.78, 5) is 11.2. The summed E-state index contributed by atoms with van der Waals surface area (Å²) in [5, 5.41) is 20.6. The monoisotopic (exact) mass is 300 g/mol. The first-order valence-corrected chi connectivity index (χ1v) is 7.50. The lowest BCUT2D eigenvalue weighted by Crippen LogP contribution is -2.24. The van der Waals surface area contributed by atoms with Gasteiger partial charge >= 0.3 is 5.97 Å². The Morgan fingerprint density at radius 2 is 1.64 bits per heavy atom. The van der Waals surface area contributed by atoms with Crippen LogP contribution in [0.4, 0.5) is 0 Å². The van der Waals surface area contributed by atoms with Crippen molar-refractivity contribution in [2.75, 3.05) is 0 Å². The lowest BCUT2D eigenvalue weighted by atomic mass is 9.72. The molecule has 0 heterocycles. The number of aromatic carboxylic acids is 1. The van der Waals surface area contributed by atoms with Crippen LogP contribution in [0.25, 0.3) is 10.8 Å². The van der Waals surface area contributed by atoms with Crippen molar-refractivity contribution in [2.24, 2.45) is 5.41 Å². The standard InChI is InChI=1S/C19H24O3/c1-18(2,3)11-19(4,5)14-7-6-12-10-16(20)15(17(21)22)9-13(12)8-14/h6-10,20H,11H2,1-5H3,(H,21,22). The van der Waals surface area contributed by atoms with E-state index < -0.39 is 5.97 Å². The molecule has 0 aromatic heterocycles. The second-order valence-electron chi connectivity index (χ2n) is 7.86. The molecule has 118 valence electrons. The van der Waals surface area contributed by atoms with Gasteiger partial charge in [0.2, 0.25) is 0 Å². The molecule has 0 saturated heterocycles. The van der Waals surface area contributed by atoms with E-state index in [0.717, 1.165) is 17.2 Å². The molecule has 2 aromatic carbocycles. The highest BCUT2D eigenvalue weighted by Gasteiger charge is 2.27. The van der Waals surface area contributed by atoms with Crippen LogP contribution in [0, 0.1) is 5.41 Å². The Morgan fingerprint density at radius 3 is 2.18 bits per heavy atom. The number of carboxylic acid groups (broad SMARTS) is 1. The molecule has 2 aromatic rings. The van der Waals surface area contributed by atoms with Crippen LogP contribution in [0.2, 0.25) is 0 Å². The van der Waals surface area contributed by atoms with Crippen LogP contribution >= 0.6 is 0 Å². The average molecular weight is 300 g/mol. The Labute approximate surface area is 131 Å². The number of benzene rings is 2. The van der Waals surface area contributed by atoms with Crippen molar-refractivity contribution in [3.05, 3.63) is 41.5 Å². The highest BCUT2D eigenvalue weighted by molar-refractivity contribution is 5.97. The van der Waals surface area contributed by atoms with Gasteiger partial charge in [-0.25, -0.2) is 4.79 Å². The SMILES string of the molecule is CC(C)(C)CC(C)(C)c1ccc2cc(O)c(C(=O)O)cc2c1. The third kappa shape index (κ3) is 3.41. The maximum Gasteiger partial charge on any atom is 0.339 e. The predicted octanol–water partition coefficient (Wildman–Crippen LogP) is 4.96. The van der Waals surface area contributed by atoms with Crippen LogP contribution in [0.1, 0.15) is 57.0 Å². The maximum absolute atomic E-state index is 11.2. The van der Waals surface area contributed by atoms with E-state index in [9.17, 15) is 9.90 Å². The minimum Gasteiger partial charge on any atom is -0.507 e. The first-order chi connectivity index (χ1) is 9.99. The largest absolute Gasteiger partial charge is 0.507 e. The van der Waals surface area contributed by atoms with Crippen molar-refractivity contribution in [3.8, 4) is 5.75 Å². The Morgan fingerprint density at radius 1 is 1.00 bits per heavy atom. The number of rotatable bonds is 3. The molecule has 0 bridgehead atoms. The number of phenols is 1. The second-order valence-corrected chi connectivity index (χ2v) is 7.86. The summed E-state index contributed by atoms with van der Waals surface area (Å²) in [6, 6.07) is 9.10. The second kappa shape index (κ2) is 5.31. The van der Waals surface area contributed by atoms with Gasteiger partial charge in [0.1, 0.15) is 11.3 Å². The van der Waals surface area contributed by atoms with Gasteiger partial charge in [-0.05, 0) is 45.7 Å². The van der Waals surface area contributed by atoms with Crippen LogP contribution in [0.3, 0.4) is 0 Å². The molecule has 0 aliphatic heterocycles. The number of aromatic hydroxyl groups is 1. The van der Waals surface area contributed by atoms with Gasteiger partial charge in [0.25, 0.3) is 0 Å². The molecule has 0 unspecified atom stereocenters. The molecular formula is C19H24O3. The lowest BCUT2D eigenvalue weighted by Gasteiger charge is -2.33. The fourth-order valence-electron chi connectivity index (χ4n) is 3.31. The summed E-state index contributed by atoms with van der Waals surface area (Å²) in [7, 11) is 0. The summed E-state index contributed by atoms with van der Waals surface area (Å²) < 4.78 is 0. The Balaban J connectivity index is 2.54. The molecule has 0 atom stereocenters. The highest BCUT2D eigenvalue weighted by atomic mass is 16.4. The number of fused-ring (bicyclic) bond motifs is 1. The zero-order valence-electron chi connectivity index (χ0n) is 13.9. The van der Waals surface area contributed by atoms with Crippen molar-refractivity contribution in [1.29, 1.82) is 0 Å². The van der Waals surface area contributed by atoms with Gasteiger partial charge in [-0.3, -0.25) is 0 Å². The van der Waals surface area contributed by atoms with Crippen molar-refractivity contribution in [2.45, 2.75) is 46.5 Å². The Kier molecular flexibility index (Phi) is 3.94. The summed E-state index contributed by atoms with van der Waals surface area (Å²) in [6.07, 6.45) is 1.02. The smallest absolute Gasteiger partial charge is 0.339 e. The number of carbonyl (C=O) groups is 1. The van der Waals surface area contributed by atoms with Crippen molar-refractivity contribution in [3.63, 3.8) is 0 Å².